The molecule has 2 nitrogen and oxygen atoms in total. The van der Waals surface area contributed by atoms with Crippen molar-refractivity contribution in [1.82, 2.24) is 0 Å². The smallest absolute Gasteiger partial charge is 0.161 e. The summed E-state index contributed by atoms with van der Waals surface area (Å²) in [6.07, 6.45) is 2.28. The summed E-state index contributed by atoms with van der Waals surface area (Å²) < 4.78 is 1.14. The first-order valence-corrected chi connectivity index (χ1v) is 8.06. The van der Waals surface area contributed by atoms with Gasteiger partial charge in [-0.2, -0.15) is 0 Å². The van der Waals surface area contributed by atoms with Crippen molar-refractivity contribution in [2.45, 2.75) is 25.8 Å². The lowest BCUT2D eigenvalue weighted by molar-refractivity contribution is 0.634. The first kappa shape index (κ1) is 13.5. The molecular formula is C12H14ClIN2S. The molecule has 1 aromatic carbocycles. The number of hydrogen-bond donors (Lipinski definition) is 1. The summed E-state index contributed by atoms with van der Waals surface area (Å²) in [5.41, 5.74) is 0.940. The fourth-order valence-corrected chi connectivity index (χ4v) is 3.52. The van der Waals surface area contributed by atoms with Crippen molar-refractivity contribution < 1.29 is 0 Å². The molecule has 2 rings (SSSR count). The Kier molecular flexibility index (Phi) is 4.99. The molecule has 0 saturated heterocycles. The van der Waals surface area contributed by atoms with Crippen LogP contribution < -0.4 is 5.32 Å². The van der Waals surface area contributed by atoms with Gasteiger partial charge in [0.15, 0.2) is 5.17 Å². The number of amidine groups is 1. The van der Waals surface area contributed by atoms with Gasteiger partial charge in [-0.25, -0.2) is 0 Å². The molecule has 0 bridgehead atoms. The molecule has 1 aromatic rings. The number of hydrogen-bond acceptors (Lipinski definition) is 3. The quantitative estimate of drug-likeness (QED) is 0.757. The summed E-state index contributed by atoms with van der Waals surface area (Å²) in [5.74, 6) is 1.13. The normalized spacial score (nSPS) is 19.9. The van der Waals surface area contributed by atoms with Gasteiger partial charge in [-0.15, -0.1) is 0 Å². The maximum absolute atomic E-state index is 6.19. The third kappa shape index (κ3) is 3.76. The van der Waals surface area contributed by atoms with Crippen LogP contribution in [0.1, 0.15) is 19.8 Å². The minimum atomic E-state index is 0.460. The third-order valence-electron chi connectivity index (χ3n) is 2.63. The number of benzene rings is 1. The summed E-state index contributed by atoms with van der Waals surface area (Å²) in [7, 11) is 0. The highest BCUT2D eigenvalue weighted by Gasteiger charge is 2.14. The number of nitrogens with one attached hydrogen (secondary N) is 1. The summed E-state index contributed by atoms with van der Waals surface area (Å²) in [4.78, 5) is 4.67. The number of nitrogens with zero attached hydrogens (tertiary/aromatic N) is 1. The van der Waals surface area contributed by atoms with Gasteiger partial charge in [-0.1, -0.05) is 30.3 Å². The molecule has 1 N–H and O–H groups in total. The van der Waals surface area contributed by atoms with Crippen LogP contribution >= 0.6 is 46.0 Å². The topological polar surface area (TPSA) is 24.4 Å². The molecule has 92 valence electrons. The SMILES string of the molecule is CCC1CCSC(Nc2ccc(I)cc2Cl)=N1. The first-order chi connectivity index (χ1) is 8.19. The Balaban J connectivity index is 2.12. The van der Waals surface area contributed by atoms with Crippen molar-refractivity contribution in [1.29, 1.82) is 0 Å². The van der Waals surface area contributed by atoms with E-state index in [1.807, 2.05) is 18.2 Å². The lowest BCUT2D eigenvalue weighted by Crippen LogP contribution is -2.19. The Morgan fingerprint density at radius 3 is 3.12 bits per heavy atom. The van der Waals surface area contributed by atoms with Crippen LogP contribution in [0.2, 0.25) is 5.02 Å². The lowest BCUT2D eigenvalue weighted by Gasteiger charge is -2.20. The molecule has 1 aliphatic rings. The van der Waals surface area contributed by atoms with Crippen LogP contribution in [0.15, 0.2) is 23.2 Å². The fourth-order valence-electron chi connectivity index (χ4n) is 1.63. The monoisotopic (exact) mass is 380 g/mol. The van der Waals surface area contributed by atoms with Crippen LogP contribution in [0.5, 0.6) is 0 Å². The molecule has 17 heavy (non-hydrogen) atoms. The number of halogens is 2. The lowest BCUT2D eigenvalue weighted by atomic mass is 10.2. The van der Waals surface area contributed by atoms with E-state index in [0.717, 1.165) is 31.6 Å². The zero-order chi connectivity index (χ0) is 12.3. The van der Waals surface area contributed by atoms with Crippen LogP contribution in [0.4, 0.5) is 5.69 Å². The molecule has 0 amide bonds. The molecule has 0 radical (unpaired) electrons. The number of anilines is 1. The number of aliphatic imine (C=N–C) groups is 1. The second-order valence-electron chi connectivity index (χ2n) is 3.88. The molecule has 1 atom stereocenters. The van der Waals surface area contributed by atoms with Crippen LogP contribution in [-0.2, 0) is 0 Å². The van der Waals surface area contributed by atoms with Gasteiger partial charge in [-0.3, -0.25) is 4.99 Å². The van der Waals surface area contributed by atoms with Crippen molar-refractivity contribution in [3.05, 3.63) is 26.8 Å². The van der Waals surface area contributed by atoms with Crippen molar-refractivity contribution in [2.24, 2.45) is 4.99 Å². The minimum absolute atomic E-state index is 0.460. The van der Waals surface area contributed by atoms with Gasteiger partial charge >= 0.3 is 0 Å². The van der Waals surface area contributed by atoms with E-state index in [0.29, 0.717) is 6.04 Å². The molecule has 0 aliphatic carbocycles. The van der Waals surface area contributed by atoms with E-state index in [1.165, 1.54) is 6.42 Å². The summed E-state index contributed by atoms with van der Waals surface area (Å²) >= 11 is 10.2. The summed E-state index contributed by atoms with van der Waals surface area (Å²) in [6, 6.07) is 6.46. The van der Waals surface area contributed by atoms with E-state index >= 15 is 0 Å². The highest BCUT2D eigenvalue weighted by atomic mass is 127. The molecule has 5 heteroatoms. The van der Waals surface area contributed by atoms with Gasteiger partial charge in [0.05, 0.1) is 16.8 Å². The third-order valence-corrected chi connectivity index (χ3v) is 4.54. The molecule has 0 saturated carbocycles. The van der Waals surface area contributed by atoms with Crippen molar-refractivity contribution >= 4 is 56.8 Å². The standard InChI is InChI=1S/C12H14ClIN2S/c1-2-9-5-6-17-12(15-9)16-11-4-3-8(14)7-10(11)13/h3-4,7,9H,2,5-6H2,1H3,(H,15,16). The van der Waals surface area contributed by atoms with Crippen molar-refractivity contribution in [3.63, 3.8) is 0 Å². The fraction of sp³-hybridized carbons (Fsp3) is 0.417. The van der Waals surface area contributed by atoms with Crippen LogP contribution in [0, 0.1) is 3.57 Å². The van der Waals surface area contributed by atoms with E-state index in [-0.39, 0.29) is 0 Å². The van der Waals surface area contributed by atoms with Gasteiger partial charge in [0, 0.05) is 9.32 Å². The Labute approximate surface area is 125 Å². The maximum atomic E-state index is 6.19. The highest BCUT2D eigenvalue weighted by molar-refractivity contribution is 14.1. The summed E-state index contributed by atoms with van der Waals surface area (Å²) in [6.45, 7) is 2.18. The zero-order valence-electron chi connectivity index (χ0n) is 9.54. The molecule has 0 fully saturated rings. The summed E-state index contributed by atoms with van der Waals surface area (Å²) in [5, 5.41) is 5.06. The Bertz CT molecular complexity index is 437. The maximum Gasteiger partial charge on any atom is 0.161 e. The Morgan fingerprint density at radius 1 is 1.59 bits per heavy atom. The van der Waals surface area contributed by atoms with Crippen molar-refractivity contribution in [3.8, 4) is 0 Å². The Morgan fingerprint density at radius 2 is 2.41 bits per heavy atom. The second kappa shape index (κ2) is 6.29. The van der Waals surface area contributed by atoms with Gasteiger partial charge < -0.3 is 5.32 Å². The van der Waals surface area contributed by atoms with Crippen molar-refractivity contribution in [2.75, 3.05) is 11.1 Å². The average molecular weight is 381 g/mol. The molecule has 0 aromatic heterocycles. The first-order valence-electron chi connectivity index (χ1n) is 5.61. The largest absolute Gasteiger partial charge is 0.334 e. The average Bonchev–Trinajstić information content (AvgIpc) is 2.33. The second-order valence-corrected chi connectivity index (χ2v) is 6.62. The van der Waals surface area contributed by atoms with E-state index in [9.17, 15) is 0 Å². The Hall–Kier alpha value is 0.0600. The predicted octanol–water partition coefficient (Wildman–Crippen LogP) is 4.63. The number of thioether (sulfide) groups is 1. The van der Waals surface area contributed by atoms with Gasteiger partial charge in [-0.05, 0) is 53.6 Å². The molecular weight excluding hydrogens is 367 g/mol. The minimum Gasteiger partial charge on any atom is -0.334 e. The van der Waals surface area contributed by atoms with E-state index in [1.54, 1.807) is 11.8 Å². The van der Waals surface area contributed by atoms with E-state index in [2.05, 4.69) is 39.8 Å². The molecule has 1 aliphatic heterocycles. The van der Waals surface area contributed by atoms with Crippen LogP contribution in [0.3, 0.4) is 0 Å². The molecule has 1 unspecified atom stereocenters. The zero-order valence-corrected chi connectivity index (χ0v) is 13.3. The molecule has 1 heterocycles. The predicted molar refractivity (Wildman–Crippen MR) is 86.4 cm³/mol. The van der Waals surface area contributed by atoms with Gasteiger partial charge in [0.2, 0.25) is 0 Å². The van der Waals surface area contributed by atoms with E-state index in [4.69, 9.17) is 11.6 Å². The van der Waals surface area contributed by atoms with E-state index < -0.39 is 0 Å². The van der Waals surface area contributed by atoms with Gasteiger partial charge in [0.1, 0.15) is 0 Å². The molecule has 0 spiro atoms. The number of rotatable bonds is 2. The van der Waals surface area contributed by atoms with Crippen LogP contribution in [-0.4, -0.2) is 17.0 Å². The van der Waals surface area contributed by atoms with Crippen LogP contribution in [0.25, 0.3) is 0 Å². The highest BCUT2D eigenvalue weighted by Crippen LogP contribution is 2.27. The van der Waals surface area contributed by atoms with Gasteiger partial charge in [0.25, 0.3) is 0 Å².